The van der Waals surface area contributed by atoms with Crippen LogP contribution < -0.4 is 0 Å². The van der Waals surface area contributed by atoms with E-state index < -0.39 is 0 Å². The number of morpholine rings is 1. The standard InChI is InChI=1S/C20H29FN2O2/c21-19-6-2-1-4-17(19)14-23-9-8-20(16-23)7-3-5-18(25-20)15-22-10-12-24-13-11-22/h1-2,4,6,18H,3,5,7-16H2/t18-,20-/m1/s1. The highest BCUT2D eigenvalue weighted by Gasteiger charge is 2.43. The topological polar surface area (TPSA) is 24.9 Å². The molecule has 3 heterocycles. The van der Waals surface area contributed by atoms with E-state index in [9.17, 15) is 4.39 Å². The number of nitrogens with zero attached hydrogens (tertiary/aromatic N) is 2. The zero-order valence-electron chi connectivity index (χ0n) is 15.0. The normalized spacial score (nSPS) is 31.6. The van der Waals surface area contributed by atoms with Crippen molar-refractivity contribution in [3.63, 3.8) is 0 Å². The summed E-state index contributed by atoms with van der Waals surface area (Å²) in [5, 5.41) is 0. The van der Waals surface area contributed by atoms with Crippen molar-refractivity contribution in [2.24, 2.45) is 0 Å². The van der Waals surface area contributed by atoms with Gasteiger partial charge in [-0.2, -0.15) is 0 Å². The van der Waals surface area contributed by atoms with Crippen LogP contribution in [-0.2, 0) is 16.0 Å². The highest BCUT2D eigenvalue weighted by atomic mass is 19.1. The molecule has 2 atom stereocenters. The Bertz CT molecular complexity index is 579. The van der Waals surface area contributed by atoms with Crippen molar-refractivity contribution in [3.05, 3.63) is 35.6 Å². The first-order valence-corrected chi connectivity index (χ1v) is 9.66. The van der Waals surface area contributed by atoms with Gasteiger partial charge in [0.05, 0.1) is 24.9 Å². The van der Waals surface area contributed by atoms with Crippen LogP contribution in [0.1, 0.15) is 31.2 Å². The van der Waals surface area contributed by atoms with E-state index in [1.165, 1.54) is 6.42 Å². The molecule has 5 heteroatoms. The number of hydrogen-bond acceptors (Lipinski definition) is 4. The third-order valence-electron chi connectivity index (χ3n) is 5.89. The van der Waals surface area contributed by atoms with Gasteiger partial charge in [-0.05, 0) is 31.7 Å². The summed E-state index contributed by atoms with van der Waals surface area (Å²) < 4.78 is 26.0. The predicted octanol–water partition coefficient (Wildman–Crippen LogP) is 2.67. The zero-order chi connectivity index (χ0) is 17.1. The minimum absolute atomic E-state index is 0.0134. The Balaban J connectivity index is 1.33. The molecule has 3 fully saturated rings. The van der Waals surface area contributed by atoms with Crippen molar-refractivity contribution < 1.29 is 13.9 Å². The van der Waals surface area contributed by atoms with Crippen molar-refractivity contribution in [1.29, 1.82) is 0 Å². The van der Waals surface area contributed by atoms with E-state index in [0.717, 1.165) is 70.8 Å². The molecule has 1 aromatic carbocycles. The maximum Gasteiger partial charge on any atom is 0.127 e. The maximum atomic E-state index is 13.9. The summed E-state index contributed by atoms with van der Waals surface area (Å²) in [6.45, 7) is 7.37. The van der Waals surface area contributed by atoms with Gasteiger partial charge in [0.2, 0.25) is 0 Å². The van der Waals surface area contributed by atoms with Gasteiger partial charge in [-0.15, -0.1) is 0 Å². The summed E-state index contributed by atoms with van der Waals surface area (Å²) in [6.07, 6.45) is 4.94. The molecule has 0 amide bonds. The largest absolute Gasteiger partial charge is 0.379 e. The van der Waals surface area contributed by atoms with Crippen LogP contribution in [0.5, 0.6) is 0 Å². The third kappa shape index (κ3) is 4.22. The predicted molar refractivity (Wildman–Crippen MR) is 95.0 cm³/mol. The second kappa shape index (κ2) is 7.70. The number of rotatable bonds is 4. The van der Waals surface area contributed by atoms with Gasteiger partial charge in [0.1, 0.15) is 5.82 Å². The first kappa shape index (κ1) is 17.4. The van der Waals surface area contributed by atoms with Crippen LogP contribution in [-0.4, -0.2) is 67.4 Å². The fraction of sp³-hybridized carbons (Fsp3) is 0.700. The van der Waals surface area contributed by atoms with E-state index in [1.807, 2.05) is 12.1 Å². The Hall–Kier alpha value is -1.01. The number of ether oxygens (including phenoxy) is 2. The summed E-state index contributed by atoms with van der Waals surface area (Å²) in [5.41, 5.74) is 0.778. The zero-order valence-corrected chi connectivity index (χ0v) is 15.0. The number of halogens is 1. The minimum atomic E-state index is -0.0989. The van der Waals surface area contributed by atoms with Gasteiger partial charge < -0.3 is 9.47 Å². The van der Waals surface area contributed by atoms with Gasteiger partial charge in [0.15, 0.2) is 0 Å². The molecule has 138 valence electrons. The van der Waals surface area contributed by atoms with Crippen molar-refractivity contribution in [2.75, 3.05) is 45.9 Å². The molecule has 3 aliphatic rings. The maximum absolute atomic E-state index is 13.9. The molecular formula is C20H29FN2O2. The fourth-order valence-electron chi connectivity index (χ4n) is 4.55. The number of hydrogen-bond donors (Lipinski definition) is 0. The lowest BCUT2D eigenvalue weighted by molar-refractivity contribution is -0.132. The quantitative estimate of drug-likeness (QED) is 0.835. The lowest BCUT2D eigenvalue weighted by atomic mass is 9.90. The lowest BCUT2D eigenvalue weighted by Crippen LogP contribution is -2.48. The smallest absolute Gasteiger partial charge is 0.127 e. The molecule has 1 spiro atoms. The van der Waals surface area contributed by atoms with Crippen LogP contribution in [0.4, 0.5) is 4.39 Å². The summed E-state index contributed by atoms with van der Waals surface area (Å²) in [7, 11) is 0. The van der Waals surface area contributed by atoms with E-state index >= 15 is 0 Å². The Morgan fingerprint density at radius 2 is 1.92 bits per heavy atom. The minimum Gasteiger partial charge on any atom is -0.379 e. The molecule has 0 bridgehead atoms. The average Bonchev–Trinajstić information content (AvgIpc) is 3.00. The van der Waals surface area contributed by atoms with Crippen molar-refractivity contribution in [2.45, 2.75) is 43.9 Å². The summed E-state index contributed by atoms with van der Waals surface area (Å²) in [6, 6.07) is 7.12. The van der Waals surface area contributed by atoms with E-state index in [2.05, 4.69) is 9.80 Å². The molecule has 1 aromatic rings. The van der Waals surface area contributed by atoms with E-state index in [1.54, 1.807) is 12.1 Å². The van der Waals surface area contributed by atoms with Crippen LogP contribution in [0.2, 0.25) is 0 Å². The van der Waals surface area contributed by atoms with Gasteiger partial charge in [0, 0.05) is 44.8 Å². The van der Waals surface area contributed by atoms with Gasteiger partial charge in [-0.1, -0.05) is 18.2 Å². The second-order valence-electron chi connectivity index (χ2n) is 7.78. The molecular weight excluding hydrogens is 319 g/mol. The molecule has 25 heavy (non-hydrogen) atoms. The van der Waals surface area contributed by atoms with Crippen LogP contribution in [0.25, 0.3) is 0 Å². The van der Waals surface area contributed by atoms with Crippen LogP contribution >= 0.6 is 0 Å². The molecule has 0 unspecified atom stereocenters. The monoisotopic (exact) mass is 348 g/mol. The molecule has 4 nitrogen and oxygen atoms in total. The van der Waals surface area contributed by atoms with Crippen molar-refractivity contribution >= 4 is 0 Å². The van der Waals surface area contributed by atoms with Crippen molar-refractivity contribution in [1.82, 2.24) is 9.80 Å². The first-order chi connectivity index (χ1) is 12.2. The molecule has 4 rings (SSSR count). The number of likely N-dealkylation sites (tertiary alicyclic amines) is 1. The number of benzene rings is 1. The Labute approximate surface area is 149 Å². The highest BCUT2D eigenvalue weighted by Crippen LogP contribution is 2.37. The fourth-order valence-corrected chi connectivity index (χ4v) is 4.55. The van der Waals surface area contributed by atoms with Gasteiger partial charge >= 0.3 is 0 Å². The molecule has 0 aromatic heterocycles. The van der Waals surface area contributed by atoms with E-state index in [0.29, 0.717) is 12.6 Å². The molecule has 3 aliphatic heterocycles. The first-order valence-electron chi connectivity index (χ1n) is 9.66. The molecule has 0 N–H and O–H groups in total. The lowest BCUT2D eigenvalue weighted by Gasteiger charge is -2.41. The Morgan fingerprint density at radius 1 is 1.08 bits per heavy atom. The molecule has 0 radical (unpaired) electrons. The average molecular weight is 348 g/mol. The summed E-state index contributed by atoms with van der Waals surface area (Å²) >= 11 is 0. The Kier molecular flexibility index (Phi) is 5.36. The van der Waals surface area contributed by atoms with Crippen molar-refractivity contribution in [3.8, 4) is 0 Å². The molecule has 0 aliphatic carbocycles. The van der Waals surface area contributed by atoms with E-state index in [4.69, 9.17) is 9.47 Å². The second-order valence-corrected chi connectivity index (χ2v) is 7.78. The molecule has 3 saturated heterocycles. The van der Waals surface area contributed by atoms with Crippen LogP contribution in [0, 0.1) is 5.82 Å². The SMILES string of the molecule is Fc1ccccc1CN1CC[C@]2(CCC[C@H](CN3CCOCC3)O2)C1. The van der Waals surface area contributed by atoms with Gasteiger partial charge in [-0.3, -0.25) is 9.80 Å². The molecule has 0 saturated carbocycles. The Morgan fingerprint density at radius 3 is 2.76 bits per heavy atom. The summed E-state index contributed by atoms with van der Waals surface area (Å²) in [4.78, 5) is 4.83. The van der Waals surface area contributed by atoms with Crippen LogP contribution in [0.3, 0.4) is 0 Å². The van der Waals surface area contributed by atoms with Crippen LogP contribution in [0.15, 0.2) is 24.3 Å². The highest BCUT2D eigenvalue weighted by molar-refractivity contribution is 5.17. The van der Waals surface area contributed by atoms with Gasteiger partial charge in [-0.25, -0.2) is 4.39 Å². The van der Waals surface area contributed by atoms with Gasteiger partial charge in [0.25, 0.3) is 0 Å². The van der Waals surface area contributed by atoms with E-state index in [-0.39, 0.29) is 11.4 Å². The third-order valence-corrected chi connectivity index (χ3v) is 5.89. The summed E-state index contributed by atoms with van der Waals surface area (Å²) in [5.74, 6) is -0.0989.